The molecule has 0 bridgehead atoms. The fraction of sp³-hybridized carbons (Fsp3) is 0.318. The third-order valence-corrected chi connectivity index (χ3v) is 6.05. The lowest BCUT2D eigenvalue weighted by molar-refractivity contribution is -0.116. The van der Waals surface area contributed by atoms with Gasteiger partial charge in [0.05, 0.1) is 11.4 Å². The number of aromatic nitrogens is 2. The predicted molar refractivity (Wildman–Crippen MR) is 111 cm³/mol. The van der Waals surface area contributed by atoms with Gasteiger partial charge in [0.25, 0.3) is 0 Å². The highest BCUT2D eigenvalue weighted by molar-refractivity contribution is 7.91. The number of pyridine rings is 1. The summed E-state index contributed by atoms with van der Waals surface area (Å²) in [5, 5.41) is 0. The number of carbonyl (C=O) groups excluding carboxylic acids is 1. The molecule has 0 aliphatic rings. The summed E-state index contributed by atoms with van der Waals surface area (Å²) in [5.41, 5.74) is 3.28. The van der Waals surface area contributed by atoms with E-state index in [1.165, 1.54) is 0 Å². The SMILES string of the molecule is Cc1ccc(-c2nc(CS(=O)(=O)CC(=O)CCCc3cccnc3)c(C)o2)cc1. The summed E-state index contributed by atoms with van der Waals surface area (Å²) in [6.45, 7) is 3.67. The molecule has 0 amide bonds. The smallest absolute Gasteiger partial charge is 0.226 e. The molecular formula is C22H24N2O4S. The Hall–Kier alpha value is -2.80. The molecule has 0 N–H and O–H groups in total. The summed E-state index contributed by atoms with van der Waals surface area (Å²) in [4.78, 5) is 20.5. The topological polar surface area (TPSA) is 90.1 Å². The average Bonchev–Trinajstić information content (AvgIpc) is 3.02. The molecule has 3 rings (SSSR count). The molecule has 0 atom stereocenters. The van der Waals surface area contributed by atoms with E-state index in [1.807, 2.05) is 43.3 Å². The highest BCUT2D eigenvalue weighted by atomic mass is 32.2. The maximum absolute atomic E-state index is 12.5. The van der Waals surface area contributed by atoms with Crippen LogP contribution < -0.4 is 0 Å². The molecule has 3 aromatic rings. The first-order valence-corrected chi connectivity index (χ1v) is 11.3. The van der Waals surface area contributed by atoms with Gasteiger partial charge in [0, 0.05) is 24.4 Å². The van der Waals surface area contributed by atoms with Gasteiger partial charge < -0.3 is 4.42 Å². The minimum absolute atomic E-state index is 0.223. The molecule has 0 radical (unpaired) electrons. The van der Waals surface area contributed by atoms with Crippen molar-refractivity contribution in [2.45, 2.75) is 38.9 Å². The molecule has 0 fully saturated rings. The van der Waals surface area contributed by atoms with Crippen LogP contribution in [0.3, 0.4) is 0 Å². The summed E-state index contributed by atoms with van der Waals surface area (Å²) in [6.07, 6.45) is 4.96. The molecule has 0 aliphatic carbocycles. The number of rotatable bonds is 9. The van der Waals surface area contributed by atoms with Gasteiger partial charge in [0.15, 0.2) is 9.84 Å². The maximum atomic E-state index is 12.5. The van der Waals surface area contributed by atoms with Gasteiger partial charge in [-0.15, -0.1) is 0 Å². The van der Waals surface area contributed by atoms with E-state index in [-0.39, 0.29) is 18.0 Å². The Bertz CT molecular complexity index is 1070. The zero-order valence-corrected chi connectivity index (χ0v) is 17.4. The van der Waals surface area contributed by atoms with Crippen molar-refractivity contribution < 1.29 is 17.6 Å². The van der Waals surface area contributed by atoms with Gasteiger partial charge >= 0.3 is 0 Å². The largest absolute Gasteiger partial charge is 0.441 e. The molecule has 0 spiro atoms. The monoisotopic (exact) mass is 412 g/mol. The van der Waals surface area contributed by atoms with Crippen molar-refractivity contribution in [1.82, 2.24) is 9.97 Å². The first-order valence-electron chi connectivity index (χ1n) is 9.47. The maximum Gasteiger partial charge on any atom is 0.226 e. The van der Waals surface area contributed by atoms with E-state index in [9.17, 15) is 13.2 Å². The second kappa shape index (κ2) is 9.13. The summed E-state index contributed by atoms with van der Waals surface area (Å²) in [6, 6.07) is 11.4. The van der Waals surface area contributed by atoms with Gasteiger partial charge in [-0.05, 0) is 50.5 Å². The molecule has 7 heteroatoms. The van der Waals surface area contributed by atoms with Crippen molar-refractivity contribution in [2.24, 2.45) is 0 Å². The quantitative estimate of drug-likeness (QED) is 0.530. The molecule has 0 saturated heterocycles. The summed E-state index contributed by atoms with van der Waals surface area (Å²) in [5.74, 6) is -0.230. The van der Waals surface area contributed by atoms with Gasteiger partial charge in [-0.3, -0.25) is 9.78 Å². The van der Waals surface area contributed by atoms with Crippen LogP contribution in [0, 0.1) is 13.8 Å². The zero-order valence-electron chi connectivity index (χ0n) is 16.6. The number of sulfone groups is 1. The molecule has 1 aromatic carbocycles. The van der Waals surface area contributed by atoms with Crippen LogP contribution in [0.15, 0.2) is 53.2 Å². The van der Waals surface area contributed by atoms with E-state index in [4.69, 9.17) is 4.42 Å². The van der Waals surface area contributed by atoms with Crippen LogP contribution in [0.1, 0.15) is 35.4 Å². The van der Waals surface area contributed by atoms with Crippen molar-refractivity contribution in [2.75, 3.05) is 5.75 Å². The predicted octanol–water partition coefficient (Wildman–Crippen LogP) is 3.86. The number of aryl methyl sites for hydroxylation is 3. The van der Waals surface area contributed by atoms with Crippen LogP contribution in [0.4, 0.5) is 0 Å². The van der Waals surface area contributed by atoms with Crippen LogP contribution >= 0.6 is 0 Å². The number of hydrogen-bond acceptors (Lipinski definition) is 6. The Balaban J connectivity index is 1.57. The fourth-order valence-corrected chi connectivity index (χ4v) is 4.42. The standard InChI is InChI=1S/C22H24N2O4S/c1-16-8-10-19(11-9-16)22-24-21(17(2)28-22)15-29(26,27)14-20(25)7-3-5-18-6-4-12-23-13-18/h4,6,8-13H,3,5,7,14-15H2,1-2H3. The number of carbonyl (C=O) groups is 1. The van der Waals surface area contributed by atoms with Gasteiger partial charge in [0.1, 0.15) is 17.3 Å². The van der Waals surface area contributed by atoms with E-state index in [0.717, 1.165) is 16.7 Å². The summed E-state index contributed by atoms with van der Waals surface area (Å²) >= 11 is 0. The van der Waals surface area contributed by atoms with Crippen molar-refractivity contribution in [3.05, 3.63) is 71.4 Å². The zero-order chi connectivity index (χ0) is 20.9. The van der Waals surface area contributed by atoms with Gasteiger partial charge in [0.2, 0.25) is 5.89 Å². The first-order chi connectivity index (χ1) is 13.8. The van der Waals surface area contributed by atoms with Crippen LogP contribution in [0.5, 0.6) is 0 Å². The molecule has 2 heterocycles. The van der Waals surface area contributed by atoms with E-state index >= 15 is 0 Å². The van der Waals surface area contributed by atoms with E-state index in [1.54, 1.807) is 19.3 Å². The van der Waals surface area contributed by atoms with Crippen LogP contribution in [-0.4, -0.2) is 29.9 Å². The van der Waals surface area contributed by atoms with Gasteiger partial charge in [-0.1, -0.05) is 23.8 Å². The Labute approximate surface area is 170 Å². The third-order valence-electron chi connectivity index (χ3n) is 4.57. The van der Waals surface area contributed by atoms with E-state index in [2.05, 4.69) is 9.97 Å². The molecule has 29 heavy (non-hydrogen) atoms. The van der Waals surface area contributed by atoms with Crippen LogP contribution in [0.25, 0.3) is 11.5 Å². The number of hydrogen-bond donors (Lipinski definition) is 0. The molecule has 0 saturated carbocycles. The fourth-order valence-electron chi connectivity index (χ4n) is 2.99. The van der Waals surface area contributed by atoms with Crippen LogP contribution in [-0.2, 0) is 26.8 Å². The molecule has 6 nitrogen and oxygen atoms in total. The van der Waals surface area contributed by atoms with Crippen molar-refractivity contribution >= 4 is 15.6 Å². The second-order valence-electron chi connectivity index (χ2n) is 7.17. The van der Waals surface area contributed by atoms with E-state index in [0.29, 0.717) is 30.2 Å². The first kappa shape index (κ1) is 20.9. The minimum Gasteiger partial charge on any atom is -0.441 e. The number of Topliss-reactive ketones (excluding diaryl/α,β-unsaturated/α-hetero) is 1. The molecular weight excluding hydrogens is 388 g/mol. The second-order valence-corrected chi connectivity index (χ2v) is 9.24. The van der Waals surface area contributed by atoms with Gasteiger partial charge in [-0.2, -0.15) is 0 Å². The normalized spacial score (nSPS) is 11.5. The van der Waals surface area contributed by atoms with Crippen molar-refractivity contribution in [3.8, 4) is 11.5 Å². The van der Waals surface area contributed by atoms with Crippen molar-refractivity contribution in [3.63, 3.8) is 0 Å². The number of nitrogens with zero attached hydrogens (tertiary/aromatic N) is 2. The average molecular weight is 413 g/mol. The van der Waals surface area contributed by atoms with E-state index < -0.39 is 15.6 Å². The highest BCUT2D eigenvalue weighted by Gasteiger charge is 2.22. The molecule has 0 unspecified atom stereocenters. The van der Waals surface area contributed by atoms with Crippen LogP contribution in [0.2, 0.25) is 0 Å². The Morgan fingerprint density at radius 3 is 2.55 bits per heavy atom. The third kappa shape index (κ3) is 6.09. The van der Waals surface area contributed by atoms with Crippen molar-refractivity contribution in [1.29, 1.82) is 0 Å². The number of benzene rings is 1. The molecule has 152 valence electrons. The molecule has 0 aliphatic heterocycles. The minimum atomic E-state index is -3.61. The summed E-state index contributed by atoms with van der Waals surface area (Å²) in [7, 11) is -3.61. The lowest BCUT2D eigenvalue weighted by Crippen LogP contribution is -2.18. The Morgan fingerprint density at radius 1 is 1.10 bits per heavy atom. The summed E-state index contributed by atoms with van der Waals surface area (Å²) < 4.78 is 30.6. The highest BCUT2D eigenvalue weighted by Crippen LogP contribution is 2.23. The van der Waals surface area contributed by atoms with Gasteiger partial charge in [-0.25, -0.2) is 13.4 Å². The Morgan fingerprint density at radius 2 is 1.86 bits per heavy atom. The molecule has 2 aromatic heterocycles. The Kier molecular flexibility index (Phi) is 6.59. The lowest BCUT2D eigenvalue weighted by atomic mass is 10.1. The number of ketones is 1. The number of oxazole rings is 1. The lowest BCUT2D eigenvalue weighted by Gasteiger charge is -2.03.